The van der Waals surface area contributed by atoms with E-state index in [-0.39, 0.29) is 28.5 Å². The minimum atomic E-state index is -4.67. The van der Waals surface area contributed by atoms with Crippen molar-refractivity contribution in [2.24, 2.45) is 0 Å². The number of benzene rings is 3. The van der Waals surface area contributed by atoms with Crippen LogP contribution in [0.3, 0.4) is 0 Å². The molecule has 0 bridgehead atoms. The first-order valence-corrected chi connectivity index (χ1v) is 11.2. The first-order valence-electron chi connectivity index (χ1n) is 10.4. The van der Waals surface area contributed by atoms with Gasteiger partial charge in [-0.25, -0.2) is 0 Å². The van der Waals surface area contributed by atoms with Crippen molar-refractivity contribution in [2.75, 3.05) is 10.6 Å². The Morgan fingerprint density at radius 2 is 1.50 bits per heavy atom. The summed E-state index contributed by atoms with van der Waals surface area (Å²) in [6, 6.07) is 17.7. The topological polar surface area (TPSA) is 78.5 Å². The number of amides is 3. The number of carbonyl (C=O) groups is 3. The normalized spacial score (nSPS) is 13.9. The molecule has 0 radical (unpaired) electrons. The number of hydrogen-bond acceptors (Lipinski definition) is 4. The van der Waals surface area contributed by atoms with Crippen molar-refractivity contribution >= 4 is 52.3 Å². The van der Waals surface area contributed by atoms with E-state index >= 15 is 0 Å². The number of halogens is 5. The van der Waals surface area contributed by atoms with E-state index in [0.717, 1.165) is 22.6 Å². The van der Waals surface area contributed by atoms with Crippen molar-refractivity contribution in [3.8, 4) is 0 Å². The molecule has 184 valence electrons. The van der Waals surface area contributed by atoms with Crippen LogP contribution in [0, 0.1) is 0 Å². The van der Waals surface area contributed by atoms with Gasteiger partial charge in [-0.3, -0.25) is 19.3 Å². The minimum absolute atomic E-state index is 0.0553. The lowest BCUT2D eigenvalue weighted by atomic mass is 10.1. The maximum Gasteiger partial charge on any atom is 0.417 e. The molecule has 0 unspecified atom stereocenters. The molecule has 0 aromatic heterocycles. The third kappa shape index (κ3) is 5.37. The summed E-state index contributed by atoms with van der Waals surface area (Å²) in [4.78, 5) is 38.8. The van der Waals surface area contributed by atoms with Crippen LogP contribution >= 0.6 is 23.2 Å². The second-order valence-corrected chi connectivity index (χ2v) is 8.51. The Kier molecular flexibility index (Phi) is 7.05. The van der Waals surface area contributed by atoms with Gasteiger partial charge in [-0.15, -0.1) is 0 Å². The molecule has 3 aromatic carbocycles. The molecule has 0 fully saturated rings. The Labute approximate surface area is 213 Å². The highest BCUT2D eigenvalue weighted by Crippen LogP contribution is 2.36. The fourth-order valence-corrected chi connectivity index (χ4v) is 3.89. The Morgan fingerprint density at radius 3 is 2.14 bits per heavy atom. The average molecular weight is 534 g/mol. The van der Waals surface area contributed by atoms with Crippen LogP contribution in [-0.4, -0.2) is 22.6 Å². The first-order chi connectivity index (χ1) is 17.0. The summed E-state index contributed by atoms with van der Waals surface area (Å²) in [5.41, 5.74) is 0.0177. The van der Waals surface area contributed by atoms with Crippen molar-refractivity contribution in [1.29, 1.82) is 0 Å². The first kappa shape index (κ1) is 25.3. The maximum atomic E-state index is 13.0. The summed E-state index contributed by atoms with van der Waals surface area (Å²) in [6.07, 6.45) is -4.67. The molecule has 6 nitrogen and oxygen atoms in total. The fraction of sp³-hybridized carbons (Fsp3) is 0.0800. The number of imide groups is 1. The van der Waals surface area contributed by atoms with E-state index in [2.05, 4.69) is 10.6 Å². The number of alkyl halides is 3. The molecule has 3 aromatic rings. The van der Waals surface area contributed by atoms with E-state index in [1.165, 1.54) is 30.3 Å². The maximum absolute atomic E-state index is 13.0. The third-order valence-electron chi connectivity index (χ3n) is 5.24. The van der Waals surface area contributed by atoms with Gasteiger partial charge >= 0.3 is 6.18 Å². The van der Waals surface area contributed by atoms with Gasteiger partial charge in [-0.05, 0) is 48.0 Å². The standard InChI is InChI=1S/C25H16Cl2F3N3O3/c26-19-11-10-17(12-18(19)25(28,29)30)32-22(34)15-6-8-16(9-7-15)31-21-20(27)23(35)33(24(21)36)13-14-4-2-1-3-5-14/h1-12,31H,13H2,(H,32,34). The summed E-state index contributed by atoms with van der Waals surface area (Å²) >= 11 is 11.7. The van der Waals surface area contributed by atoms with Crippen molar-refractivity contribution in [3.05, 3.63) is 105 Å². The Hall–Kier alpha value is -3.82. The minimum Gasteiger partial charge on any atom is -0.350 e. The molecule has 36 heavy (non-hydrogen) atoms. The van der Waals surface area contributed by atoms with Gasteiger partial charge in [0.25, 0.3) is 17.7 Å². The zero-order valence-corrected chi connectivity index (χ0v) is 19.7. The molecule has 1 aliphatic rings. The second kappa shape index (κ2) is 10.0. The van der Waals surface area contributed by atoms with Gasteiger partial charge in [-0.1, -0.05) is 53.5 Å². The van der Waals surface area contributed by atoms with Crippen LogP contribution in [0.5, 0.6) is 0 Å². The molecule has 11 heteroatoms. The molecule has 0 aliphatic carbocycles. The van der Waals surface area contributed by atoms with Gasteiger partial charge in [-0.2, -0.15) is 13.2 Å². The van der Waals surface area contributed by atoms with Crippen LogP contribution in [0.4, 0.5) is 24.5 Å². The quantitative estimate of drug-likeness (QED) is 0.378. The van der Waals surface area contributed by atoms with E-state index in [4.69, 9.17) is 23.2 Å². The molecule has 1 aliphatic heterocycles. The summed E-state index contributed by atoms with van der Waals surface area (Å²) in [7, 11) is 0. The predicted molar refractivity (Wildman–Crippen MR) is 129 cm³/mol. The van der Waals surface area contributed by atoms with Crippen LogP contribution in [0.25, 0.3) is 0 Å². The zero-order valence-electron chi connectivity index (χ0n) is 18.2. The molecular formula is C25H16Cl2F3N3O3. The number of rotatable bonds is 6. The van der Waals surface area contributed by atoms with Gasteiger partial charge in [0.2, 0.25) is 0 Å². The smallest absolute Gasteiger partial charge is 0.350 e. The highest BCUT2D eigenvalue weighted by Gasteiger charge is 2.38. The number of anilines is 2. The van der Waals surface area contributed by atoms with Gasteiger partial charge in [0, 0.05) is 16.9 Å². The van der Waals surface area contributed by atoms with Crippen LogP contribution in [0.2, 0.25) is 5.02 Å². The fourth-order valence-electron chi connectivity index (χ4n) is 3.44. The molecular weight excluding hydrogens is 518 g/mol. The van der Waals surface area contributed by atoms with E-state index in [0.29, 0.717) is 5.69 Å². The molecule has 1 heterocycles. The van der Waals surface area contributed by atoms with Crippen LogP contribution in [0.1, 0.15) is 21.5 Å². The molecule has 2 N–H and O–H groups in total. The van der Waals surface area contributed by atoms with Crippen molar-refractivity contribution in [1.82, 2.24) is 4.90 Å². The monoisotopic (exact) mass is 533 g/mol. The molecule has 0 saturated carbocycles. The summed E-state index contributed by atoms with van der Waals surface area (Å²) in [5.74, 6) is -1.89. The van der Waals surface area contributed by atoms with E-state index in [1.807, 2.05) is 6.07 Å². The van der Waals surface area contributed by atoms with Gasteiger partial charge in [0.1, 0.15) is 10.7 Å². The highest BCUT2D eigenvalue weighted by molar-refractivity contribution is 6.48. The van der Waals surface area contributed by atoms with Gasteiger partial charge in [0.05, 0.1) is 17.1 Å². The average Bonchev–Trinajstić information content (AvgIpc) is 3.04. The number of hydrogen-bond donors (Lipinski definition) is 2. The molecule has 0 saturated heterocycles. The van der Waals surface area contributed by atoms with Gasteiger partial charge in [0.15, 0.2) is 0 Å². The lowest BCUT2D eigenvalue weighted by Gasteiger charge is -2.15. The summed E-state index contributed by atoms with van der Waals surface area (Å²) < 4.78 is 39.1. The Balaban J connectivity index is 1.44. The van der Waals surface area contributed by atoms with E-state index < -0.39 is 34.5 Å². The number of nitrogens with zero attached hydrogens (tertiary/aromatic N) is 1. The van der Waals surface area contributed by atoms with Crippen LogP contribution in [-0.2, 0) is 22.3 Å². The lowest BCUT2D eigenvalue weighted by molar-refractivity contribution is -0.138. The van der Waals surface area contributed by atoms with Crippen LogP contribution in [0.15, 0.2) is 83.5 Å². The Bertz CT molecular complexity index is 1370. The molecule has 4 rings (SSSR count). The SMILES string of the molecule is O=C(Nc1ccc(Cl)c(C(F)(F)F)c1)c1ccc(NC2=C(Cl)C(=O)N(Cc3ccccc3)C2=O)cc1. The van der Waals surface area contributed by atoms with E-state index in [9.17, 15) is 27.6 Å². The number of nitrogens with one attached hydrogen (secondary N) is 2. The van der Waals surface area contributed by atoms with E-state index in [1.54, 1.807) is 24.3 Å². The van der Waals surface area contributed by atoms with Crippen LogP contribution < -0.4 is 10.6 Å². The highest BCUT2D eigenvalue weighted by atomic mass is 35.5. The zero-order chi connectivity index (χ0) is 26.0. The Morgan fingerprint density at radius 1 is 0.861 bits per heavy atom. The van der Waals surface area contributed by atoms with Crippen molar-refractivity contribution in [2.45, 2.75) is 12.7 Å². The lowest BCUT2D eigenvalue weighted by Crippen LogP contribution is -2.31. The van der Waals surface area contributed by atoms with Crippen molar-refractivity contribution < 1.29 is 27.6 Å². The molecule has 0 atom stereocenters. The third-order valence-corrected chi connectivity index (χ3v) is 5.92. The molecule has 3 amide bonds. The summed E-state index contributed by atoms with van der Waals surface area (Å²) in [6.45, 7) is 0.0553. The summed E-state index contributed by atoms with van der Waals surface area (Å²) in [5, 5.41) is 4.44. The number of carbonyl (C=O) groups excluding carboxylic acids is 3. The predicted octanol–water partition coefficient (Wildman–Crippen LogP) is 6.04. The van der Waals surface area contributed by atoms with Crippen molar-refractivity contribution in [3.63, 3.8) is 0 Å². The second-order valence-electron chi connectivity index (χ2n) is 7.72. The molecule has 0 spiro atoms. The largest absolute Gasteiger partial charge is 0.417 e. The van der Waals surface area contributed by atoms with Gasteiger partial charge < -0.3 is 10.6 Å².